The first-order valence-electron chi connectivity index (χ1n) is 3.04. The zero-order valence-corrected chi connectivity index (χ0v) is 7.43. The Hall–Kier alpha value is -0.480. The largest absolute Gasteiger partial charge is 0.419 e. The van der Waals surface area contributed by atoms with Gasteiger partial charge in [0.15, 0.2) is 5.82 Å². The fraction of sp³-hybridized carbons (Fsp3) is 0.143. The molecule has 0 fully saturated rings. The summed E-state index contributed by atoms with van der Waals surface area (Å²) >= 11 is 10.5. The molecule has 72 valence electrons. The molecule has 0 spiro atoms. The second-order valence-electron chi connectivity index (χ2n) is 2.22. The van der Waals surface area contributed by atoms with Crippen molar-refractivity contribution in [2.45, 2.75) is 6.18 Å². The minimum absolute atomic E-state index is 0.243. The zero-order valence-electron chi connectivity index (χ0n) is 5.92. The van der Waals surface area contributed by atoms with Gasteiger partial charge < -0.3 is 0 Å². The molecule has 0 amide bonds. The highest BCUT2D eigenvalue weighted by Gasteiger charge is 2.35. The van der Waals surface area contributed by atoms with Gasteiger partial charge in [-0.2, -0.15) is 13.2 Å². The van der Waals surface area contributed by atoms with Crippen LogP contribution < -0.4 is 0 Å². The Morgan fingerprint density at radius 2 is 1.62 bits per heavy atom. The second-order valence-corrected chi connectivity index (χ2v) is 3.01. The van der Waals surface area contributed by atoms with Crippen LogP contribution in [0.25, 0.3) is 0 Å². The Balaban J connectivity index is 3.35. The second kappa shape index (κ2) is 3.35. The lowest BCUT2D eigenvalue weighted by molar-refractivity contribution is -0.139. The van der Waals surface area contributed by atoms with Crippen molar-refractivity contribution in [3.8, 4) is 0 Å². The van der Waals surface area contributed by atoms with Crippen LogP contribution in [-0.2, 0) is 6.18 Å². The van der Waals surface area contributed by atoms with E-state index in [2.05, 4.69) is 0 Å². The average molecular weight is 233 g/mol. The molecule has 0 aromatic heterocycles. The van der Waals surface area contributed by atoms with Gasteiger partial charge in [-0.1, -0.05) is 23.2 Å². The summed E-state index contributed by atoms with van der Waals surface area (Å²) in [7, 11) is 0. The van der Waals surface area contributed by atoms with Crippen LogP contribution in [0.4, 0.5) is 17.6 Å². The summed E-state index contributed by atoms with van der Waals surface area (Å²) in [5.41, 5.74) is -1.41. The molecule has 0 saturated carbocycles. The highest BCUT2D eigenvalue weighted by Crippen LogP contribution is 2.36. The Kier molecular flexibility index (Phi) is 2.73. The van der Waals surface area contributed by atoms with Gasteiger partial charge in [0.25, 0.3) is 0 Å². The number of alkyl halides is 3. The summed E-state index contributed by atoms with van der Waals surface area (Å²) in [5.74, 6) is -1.54. The maximum Gasteiger partial charge on any atom is 0.419 e. The summed E-state index contributed by atoms with van der Waals surface area (Å²) < 4.78 is 48.9. The van der Waals surface area contributed by atoms with Crippen molar-refractivity contribution in [3.05, 3.63) is 33.6 Å². The Labute approximate surface area is 81.1 Å². The van der Waals surface area contributed by atoms with Gasteiger partial charge in [0.05, 0.1) is 15.6 Å². The van der Waals surface area contributed by atoms with Crippen LogP contribution in [0.2, 0.25) is 10.0 Å². The minimum Gasteiger partial charge on any atom is -0.205 e. The maximum atomic E-state index is 12.8. The lowest BCUT2D eigenvalue weighted by atomic mass is 10.2. The monoisotopic (exact) mass is 232 g/mol. The zero-order chi connectivity index (χ0) is 10.2. The smallest absolute Gasteiger partial charge is 0.205 e. The predicted octanol–water partition coefficient (Wildman–Crippen LogP) is 4.15. The minimum atomic E-state index is -4.75. The Morgan fingerprint density at radius 1 is 1.08 bits per heavy atom. The number of benzene rings is 1. The fourth-order valence-electron chi connectivity index (χ4n) is 0.745. The number of hydrogen-bond donors (Lipinski definition) is 0. The van der Waals surface area contributed by atoms with Crippen LogP contribution in [0.15, 0.2) is 12.1 Å². The van der Waals surface area contributed by atoms with Crippen LogP contribution in [0.5, 0.6) is 0 Å². The van der Waals surface area contributed by atoms with Crippen LogP contribution in [0.3, 0.4) is 0 Å². The molecule has 0 radical (unpaired) electrons. The van der Waals surface area contributed by atoms with E-state index >= 15 is 0 Å². The Bertz CT molecular complexity index is 332. The van der Waals surface area contributed by atoms with Crippen LogP contribution in [-0.4, -0.2) is 0 Å². The SMILES string of the molecule is Fc1c(C(F)(F)F)ccc(Cl)c1Cl. The molecule has 0 heterocycles. The molecule has 0 aliphatic heterocycles. The third-order valence-corrected chi connectivity index (χ3v) is 2.12. The maximum absolute atomic E-state index is 12.8. The quantitative estimate of drug-likeness (QED) is 0.466. The summed E-state index contributed by atoms with van der Waals surface area (Å²) in [6.45, 7) is 0. The average Bonchev–Trinajstić information content (AvgIpc) is 1.98. The van der Waals surface area contributed by atoms with Gasteiger partial charge in [-0.15, -0.1) is 0 Å². The third-order valence-electron chi connectivity index (χ3n) is 1.34. The lowest BCUT2D eigenvalue weighted by Crippen LogP contribution is -2.08. The van der Waals surface area contributed by atoms with Crippen LogP contribution in [0.1, 0.15) is 5.56 Å². The van der Waals surface area contributed by atoms with Crippen molar-refractivity contribution < 1.29 is 17.6 Å². The molecular weight excluding hydrogens is 231 g/mol. The van der Waals surface area contributed by atoms with E-state index in [9.17, 15) is 17.6 Å². The molecule has 0 bridgehead atoms. The molecule has 13 heavy (non-hydrogen) atoms. The van der Waals surface area contributed by atoms with Gasteiger partial charge in [0, 0.05) is 0 Å². The summed E-state index contributed by atoms with van der Waals surface area (Å²) in [4.78, 5) is 0. The van der Waals surface area contributed by atoms with Crippen molar-refractivity contribution in [3.63, 3.8) is 0 Å². The van der Waals surface area contributed by atoms with Crippen LogP contribution >= 0.6 is 23.2 Å². The van der Waals surface area contributed by atoms with E-state index in [1.165, 1.54) is 0 Å². The molecular formula is C7H2Cl2F4. The van der Waals surface area contributed by atoms with Gasteiger partial charge in [-0.05, 0) is 12.1 Å². The standard InChI is InChI=1S/C7H2Cl2F4/c8-4-2-1-3(7(11,12)13)6(10)5(4)9/h1-2H. The van der Waals surface area contributed by atoms with Crippen molar-refractivity contribution in [2.75, 3.05) is 0 Å². The van der Waals surface area contributed by atoms with Crippen molar-refractivity contribution in [1.82, 2.24) is 0 Å². The van der Waals surface area contributed by atoms with E-state index in [-0.39, 0.29) is 5.02 Å². The van der Waals surface area contributed by atoms with Gasteiger partial charge in [0.2, 0.25) is 0 Å². The van der Waals surface area contributed by atoms with Crippen LogP contribution in [0, 0.1) is 5.82 Å². The van der Waals surface area contributed by atoms with E-state index < -0.39 is 22.6 Å². The summed E-state index contributed by atoms with van der Waals surface area (Å²) in [5, 5.41) is -0.955. The summed E-state index contributed by atoms with van der Waals surface area (Å²) in [6.07, 6.45) is -4.75. The Morgan fingerprint density at radius 3 is 2.08 bits per heavy atom. The van der Waals surface area contributed by atoms with Gasteiger partial charge >= 0.3 is 6.18 Å². The predicted molar refractivity (Wildman–Crippen MR) is 41.4 cm³/mol. The first-order chi connectivity index (χ1) is 5.84. The highest BCUT2D eigenvalue weighted by molar-refractivity contribution is 6.42. The molecule has 0 nitrogen and oxygen atoms in total. The topological polar surface area (TPSA) is 0 Å². The van der Waals surface area contributed by atoms with Crippen molar-refractivity contribution >= 4 is 23.2 Å². The first kappa shape index (κ1) is 10.6. The first-order valence-corrected chi connectivity index (χ1v) is 3.80. The normalized spacial score (nSPS) is 11.8. The molecule has 0 N–H and O–H groups in total. The number of hydrogen-bond acceptors (Lipinski definition) is 0. The van der Waals surface area contributed by atoms with E-state index in [1.807, 2.05) is 0 Å². The van der Waals surface area contributed by atoms with E-state index in [0.717, 1.165) is 6.07 Å². The molecule has 0 aliphatic rings. The lowest BCUT2D eigenvalue weighted by Gasteiger charge is -2.08. The summed E-state index contributed by atoms with van der Waals surface area (Å²) in [6, 6.07) is 1.44. The third kappa shape index (κ3) is 2.06. The molecule has 0 saturated heterocycles. The molecule has 1 aromatic carbocycles. The van der Waals surface area contributed by atoms with Gasteiger partial charge in [-0.3, -0.25) is 0 Å². The molecule has 6 heteroatoms. The van der Waals surface area contributed by atoms with E-state index in [0.29, 0.717) is 6.07 Å². The molecule has 0 atom stereocenters. The molecule has 0 unspecified atom stereocenters. The molecule has 1 aromatic rings. The number of rotatable bonds is 0. The van der Waals surface area contributed by atoms with Crippen molar-refractivity contribution in [1.29, 1.82) is 0 Å². The van der Waals surface area contributed by atoms with E-state index in [1.54, 1.807) is 0 Å². The fourth-order valence-corrected chi connectivity index (χ4v) is 1.06. The van der Waals surface area contributed by atoms with Gasteiger partial charge in [0.1, 0.15) is 0 Å². The van der Waals surface area contributed by atoms with Crippen molar-refractivity contribution in [2.24, 2.45) is 0 Å². The molecule has 0 aliphatic carbocycles. The highest BCUT2D eigenvalue weighted by atomic mass is 35.5. The number of halogens is 6. The van der Waals surface area contributed by atoms with E-state index in [4.69, 9.17) is 23.2 Å². The molecule has 1 rings (SSSR count). The van der Waals surface area contributed by atoms with Gasteiger partial charge in [-0.25, -0.2) is 4.39 Å².